The molecule has 1 saturated carbocycles. The van der Waals surface area contributed by atoms with Gasteiger partial charge in [0.15, 0.2) is 0 Å². The second-order valence-electron chi connectivity index (χ2n) is 6.90. The zero-order valence-electron chi connectivity index (χ0n) is 12.7. The van der Waals surface area contributed by atoms with Gasteiger partial charge in [-0.25, -0.2) is 0 Å². The van der Waals surface area contributed by atoms with Gasteiger partial charge in [-0.05, 0) is 54.9 Å². The predicted molar refractivity (Wildman–Crippen MR) is 81.5 cm³/mol. The summed E-state index contributed by atoms with van der Waals surface area (Å²) < 4.78 is 5.47. The van der Waals surface area contributed by atoms with Gasteiger partial charge in [-0.3, -0.25) is 4.79 Å². The van der Waals surface area contributed by atoms with Crippen LogP contribution in [0.1, 0.15) is 43.2 Å². The molecule has 3 heteroatoms. The topological polar surface area (TPSA) is 29.5 Å². The molecule has 3 atom stereocenters. The molecule has 2 fully saturated rings. The molecule has 1 aromatic rings. The highest BCUT2D eigenvalue weighted by molar-refractivity contribution is 5.52. The van der Waals surface area contributed by atoms with Crippen molar-refractivity contribution in [3.63, 3.8) is 0 Å². The average Bonchev–Trinajstić information content (AvgIpc) is 2.54. The number of hydrogen-bond donors (Lipinski definition) is 0. The zero-order chi connectivity index (χ0) is 14.4. The van der Waals surface area contributed by atoms with E-state index in [-0.39, 0.29) is 0 Å². The van der Waals surface area contributed by atoms with Crippen LogP contribution in [0.3, 0.4) is 0 Å². The SMILES string of the molecule is COc1ccc2c(c1)[C@@]13CCCC[C@H]1[C@@H](C2)N(C=O)CC3. The Labute approximate surface area is 126 Å². The second kappa shape index (κ2) is 4.75. The summed E-state index contributed by atoms with van der Waals surface area (Å²) in [5, 5.41) is 0. The number of amides is 1. The van der Waals surface area contributed by atoms with E-state index >= 15 is 0 Å². The van der Waals surface area contributed by atoms with Gasteiger partial charge < -0.3 is 9.64 Å². The molecule has 1 heterocycles. The van der Waals surface area contributed by atoms with E-state index in [4.69, 9.17) is 4.74 Å². The average molecular weight is 285 g/mol. The lowest BCUT2D eigenvalue weighted by atomic mass is 9.52. The molecule has 0 radical (unpaired) electrons. The van der Waals surface area contributed by atoms with Gasteiger partial charge in [-0.2, -0.15) is 0 Å². The maximum absolute atomic E-state index is 11.5. The molecule has 1 amide bonds. The van der Waals surface area contributed by atoms with Crippen LogP contribution in [0.4, 0.5) is 0 Å². The summed E-state index contributed by atoms with van der Waals surface area (Å²) >= 11 is 0. The van der Waals surface area contributed by atoms with Crippen molar-refractivity contribution in [2.75, 3.05) is 13.7 Å². The quantitative estimate of drug-likeness (QED) is 0.782. The Hall–Kier alpha value is -1.51. The minimum Gasteiger partial charge on any atom is -0.497 e. The highest BCUT2D eigenvalue weighted by Crippen LogP contribution is 2.55. The number of carbonyl (C=O) groups is 1. The first-order valence-corrected chi connectivity index (χ1v) is 8.17. The van der Waals surface area contributed by atoms with Gasteiger partial charge >= 0.3 is 0 Å². The molecule has 2 bridgehead atoms. The molecule has 0 N–H and O–H groups in total. The van der Waals surface area contributed by atoms with Crippen molar-refractivity contribution in [1.29, 1.82) is 0 Å². The van der Waals surface area contributed by atoms with Crippen molar-refractivity contribution in [2.24, 2.45) is 5.92 Å². The third-order valence-electron chi connectivity index (χ3n) is 6.22. The predicted octanol–water partition coefficient (Wildman–Crippen LogP) is 2.91. The van der Waals surface area contributed by atoms with E-state index < -0.39 is 0 Å². The smallest absolute Gasteiger partial charge is 0.209 e. The Morgan fingerprint density at radius 2 is 2.24 bits per heavy atom. The monoisotopic (exact) mass is 285 g/mol. The van der Waals surface area contributed by atoms with Gasteiger partial charge in [0.05, 0.1) is 7.11 Å². The van der Waals surface area contributed by atoms with E-state index in [0.717, 1.165) is 31.5 Å². The third kappa shape index (κ3) is 1.76. The van der Waals surface area contributed by atoms with E-state index in [2.05, 4.69) is 23.1 Å². The Morgan fingerprint density at radius 1 is 1.33 bits per heavy atom. The number of methoxy groups -OCH3 is 1. The Bertz CT molecular complexity index is 570. The molecular formula is C18H23NO2. The lowest BCUT2D eigenvalue weighted by Crippen LogP contribution is -2.60. The first-order valence-electron chi connectivity index (χ1n) is 8.17. The first-order chi connectivity index (χ1) is 10.3. The van der Waals surface area contributed by atoms with Crippen molar-refractivity contribution >= 4 is 6.41 Å². The summed E-state index contributed by atoms with van der Waals surface area (Å²) in [6.45, 7) is 0.918. The van der Waals surface area contributed by atoms with Gasteiger partial charge in [0, 0.05) is 18.0 Å². The van der Waals surface area contributed by atoms with Gasteiger partial charge in [0.25, 0.3) is 0 Å². The summed E-state index contributed by atoms with van der Waals surface area (Å²) in [6.07, 6.45) is 8.40. The standard InChI is InChI=1S/C18H23NO2/c1-21-14-6-5-13-10-17-15-4-2-3-7-18(15,16(13)11-14)8-9-19(17)12-20/h5-6,11-12,15,17H,2-4,7-10H2,1H3/t15-,17+,18+/m0/s1. The molecule has 4 rings (SSSR count). The first kappa shape index (κ1) is 13.2. The summed E-state index contributed by atoms with van der Waals surface area (Å²) in [7, 11) is 1.75. The van der Waals surface area contributed by atoms with Gasteiger partial charge in [-0.15, -0.1) is 0 Å². The minimum atomic E-state index is 0.296. The molecular weight excluding hydrogens is 262 g/mol. The summed E-state index contributed by atoms with van der Waals surface area (Å²) in [6, 6.07) is 6.99. The van der Waals surface area contributed by atoms with Crippen molar-refractivity contribution in [2.45, 2.75) is 50.0 Å². The molecule has 2 aliphatic carbocycles. The van der Waals surface area contributed by atoms with E-state index in [1.807, 2.05) is 0 Å². The fourth-order valence-corrected chi connectivity index (χ4v) is 5.27. The largest absolute Gasteiger partial charge is 0.497 e. The maximum Gasteiger partial charge on any atom is 0.209 e. The van der Waals surface area contributed by atoms with Crippen LogP contribution < -0.4 is 4.74 Å². The molecule has 21 heavy (non-hydrogen) atoms. The zero-order valence-corrected chi connectivity index (χ0v) is 12.7. The number of benzene rings is 1. The van der Waals surface area contributed by atoms with Crippen LogP contribution in [0, 0.1) is 5.92 Å². The Balaban J connectivity index is 1.87. The number of likely N-dealkylation sites (tertiary alicyclic amines) is 1. The van der Waals surface area contributed by atoms with Crippen molar-refractivity contribution < 1.29 is 9.53 Å². The fourth-order valence-electron chi connectivity index (χ4n) is 5.27. The van der Waals surface area contributed by atoms with Gasteiger partial charge in [0.2, 0.25) is 6.41 Å². The molecule has 3 aliphatic rings. The lowest BCUT2D eigenvalue weighted by molar-refractivity contribution is -0.126. The van der Waals surface area contributed by atoms with Crippen molar-refractivity contribution in [3.8, 4) is 5.75 Å². The number of hydrogen-bond acceptors (Lipinski definition) is 2. The molecule has 1 saturated heterocycles. The molecule has 0 unspecified atom stereocenters. The Morgan fingerprint density at radius 3 is 3.05 bits per heavy atom. The van der Waals surface area contributed by atoms with E-state index in [1.165, 1.54) is 36.8 Å². The summed E-state index contributed by atoms with van der Waals surface area (Å²) in [5.41, 5.74) is 3.25. The van der Waals surface area contributed by atoms with Gasteiger partial charge in [0.1, 0.15) is 5.75 Å². The molecule has 0 aromatic heterocycles. The molecule has 1 aromatic carbocycles. The number of nitrogens with zero attached hydrogens (tertiary/aromatic N) is 1. The molecule has 1 aliphatic heterocycles. The summed E-state index contributed by atoms with van der Waals surface area (Å²) in [5.74, 6) is 1.62. The number of carbonyl (C=O) groups excluding carboxylic acids is 1. The number of rotatable bonds is 2. The highest BCUT2D eigenvalue weighted by atomic mass is 16.5. The van der Waals surface area contributed by atoms with Crippen LogP contribution in [-0.2, 0) is 16.6 Å². The lowest BCUT2D eigenvalue weighted by Gasteiger charge is -2.58. The van der Waals surface area contributed by atoms with Crippen LogP contribution in [-0.4, -0.2) is 31.0 Å². The van der Waals surface area contributed by atoms with Crippen LogP contribution in [0.15, 0.2) is 18.2 Å². The molecule has 0 spiro atoms. The van der Waals surface area contributed by atoms with Crippen LogP contribution in [0.25, 0.3) is 0 Å². The van der Waals surface area contributed by atoms with E-state index in [0.29, 0.717) is 17.4 Å². The van der Waals surface area contributed by atoms with Crippen LogP contribution >= 0.6 is 0 Å². The highest BCUT2D eigenvalue weighted by Gasteiger charge is 2.53. The number of piperidine rings is 1. The molecule has 112 valence electrons. The third-order valence-corrected chi connectivity index (χ3v) is 6.22. The van der Waals surface area contributed by atoms with Crippen molar-refractivity contribution in [1.82, 2.24) is 4.90 Å². The second-order valence-corrected chi connectivity index (χ2v) is 6.90. The van der Waals surface area contributed by atoms with Gasteiger partial charge in [-0.1, -0.05) is 18.9 Å². The Kier molecular flexibility index (Phi) is 2.98. The normalized spacial score (nSPS) is 33.9. The molecule has 3 nitrogen and oxygen atoms in total. The fraction of sp³-hybridized carbons (Fsp3) is 0.611. The number of ether oxygens (including phenoxy) is 1. The number of fused-ring (bicyclic) bond motifs is 1. The minimum absolute atomic E-state index is 0.296. The van der Waals surface area contributed by atoms with Crippen molar-refractivity contribution in [3.05, 3.63) is 29.3 Å². The summed E-state index contributed by atoms with van der Waals surface area (Å²) in [4.78, 5) is 13.5. The van der Waals surface area contributed by atoms with Crippen LogP contribution in [0.5, 0.6) is 5.75 Å². The van der Waals surface area contributed by atoms with E-state index in [9.17, 15) is 4.79 Å². The van der Waals surface area contributed by atoms with Crippen LogP contribution in [0.2, 0.25) is 0 Å². The maximum atomic E-state index is 11.5. The van der Waals surface area contributed by atoms with E-state index in [1.54, 1.807) is 7.11 Å².